The molecule has 12 nitrogen and oxygen atoms in total. The van der Waals surface area contributed by atoms with Gasteiger partial charge in [-0.05, 0) is 96.3 Å². The zero-order chi connectivity index (χ0) is 56.1. The lowest BCUT2D eigenvalue weighted by Crippen LogP contribution is -2.61. The lowest BCUT2D eigenvalue weighted by molar-refractivity contribution is -0.301. The molecule has 0 radical (unpaired) electrons. The molecule has 1 fully saturated rings. The van der Waals surface area contributed by atoms with Gasteiger partial charge < -0.3 is 39.0 Å². The summed E-state index contributed by atoms with van der Waals surface area (Å²) >= 11 is 0. The molecule has 1 saturated heterocycles. The van der Waals surface area contributed by atoms with Crippen LogP contribution in [0, 0.1) is 0 Å². The number of unbranched alkanes of at least 4 members (excludes halogenated alkanes) is 26. The Morgan fingerprint density at radius 1 is 0.442 bits per heavy atom. The molecule has 1 heterocycles. The molecule has 0 aliphatic carbocycles. The van der Waals surface area contributed by atoms with E-state index in [-0.39, 0.29) is 25.9 Å². The average molecular weight is 1080 g/mol. The van der Waals surface area contributed by atoms with Crippen molar-refractivity contribution < 1.29 is 58.2 Å². The van der Waals surface area contributed by atoms with Crippen LogP contribution in [0.25, 0.3) is 0 Å². The second kappa shape index (κ2) is 52.8. The molecule has 12 heteroatoms. The van der Waals surface area contributed by atoms with Gasteiger partial charge in [0.15, 0.2) is 24.6 Å². The van der Waals surface area contributed by atoms with Crippen molar-refractivity contribution in [2.45, 2.75) is 302 Å². The zero-order valence-electron chi connectivity index (χ0n) is 48.7. The van der Waals surface area contributed by atoms with Gasteiger partial charge in [-0.3, -0.25) is 14.4 Å². The smallest absolute Gasteiger partial charge is 0.335 e. The normalized spacial score (nSPS) is 18.5. The monoisotopic (exact) mass is 1080 g/mol. The number of aliphatic carboxylic acids is 1. The molecule has 6 atom stereocenters. The maximum Gasteiger partial charge on any atom is 0.335 e. The molecule has 3 N–H and O–H groups in total. The first-order valence-electron chi connectivity index (χ1n) is 30.9. The van der Waals surface area contributed by atoms with Gasteiger partial charge in [0.25, 0.3) is 0 Å². The molecule has 0 aromatic rings. The van der Waals surface area contributed by atoms with Crippen molar-refractivity contribution in [1.29, 1.82) is 0 Å². The standard InChI is InChI=1S/C65H110O12/c1-4-7-10-13-16-19-22-25-27-29-31-34-36-39-42-45-48-51-57(66)73-54-56(75-58(67)52-49-46-43-40-37-33-24-21-18-15-12-9-6-3)55-74-65-63(61(70)60(69)62(77-65)64(71)72)76-59(68)53-50-47-44-41-38-35-32-30-28-26-23-20-17-14-11-8-5-2/h9,12,18,21,25-28,33,37,43,46,56,60-63,65,69-70H,4-8,10-11,13-17,19-20,22-24,29-32,34-36,38-42,44-45,47-55H2,1-3H3,(H,71,72)/b12-9-,21-18-,27-25-,28-26-,37-33-,46-43-. The summed E-state index contributed by atoms with van der Waals surface area (Å²) in [5.41, 5.74) is 0. The molecule has 0 saturated carbocycles. The van der Waals surface area contributed by atoms with Crippen LogP contribution in [-0.2, 0) is 42.9 Å². The molecule has 6 unspecified atom stereocenters. The maximum atomic E-state index is 13.1. The topological polar surface area (TPSA) is 175 Å². The summed E-state index contributed by atoms with van der Waals surface area (Å²) in [6.07, 6.45) is 54.6. The van der Waals surface area contributed by atoms with E-state index in [0.717, 1.165) is 89.9 Å². The van der Waals surface area contributed by atoms with Crippen LogP contribution >= 0.6 is 0 Å². The van der Waals surface area contributed by atoms with E-state index in [1.165, 1.54) is 109 Å². The van der Waals surface area contributed by atoms with Crippen LogP contribution in [0.15, 0.2) is 72.9 Å². The van der Waals surface area contributed by atoms with E-state index in [1.54, 1.807) is 0 Å². The number of carbonyl (C=O) groups is 4. The van der Waals surface area contributed by atoms with Gasteiger partial charge in [-0.15, -0.1) is 0 Å². The van der Waals surface area contributed by atoms with Crippen LogP contribution in [0.1, 0.15) is 265 Å². The molecular formula is C65H110O12. The number of carboxylic acids is 1. The van der Waals surface area contributed by atoms with Crippen molar-refractivity contribution in [1.82, 2.24) is 0 Å². The van der Waals surface area contributed by atoms with Crippen LogP contribution in [-0.4, -0.2) is 89.2 Å². The number of carboxylic acid groups (broad SMARTS) is 1. The maximum absolute atomic E-state index is 13.1. The van der Waals surface area contributed by atoms with E-state index < -0.39 is 67.3 Å². The largest absolute Gasteiger partial charge is 0.479 e. The SMILES string of the molecule is CC/C=C\C/C=C\C/C=C\C/C=C\CCC(=O)OC(COC(=O)CCCCCCCCC/C=C\CCCCCCCC)COC1OC(C(=O)O)C(O)C(O)C1OC(=O)CCCCCCCCC/C=C\CCCCCCCC. The second-order valence-corrected chi connectivity index (χ2v) is 20.9. The van der Waals surface area contributed by atoms with Crippen molar-refractivity contribution >= 4 is 23.9 Å². The minimum Gasteiger partial charge on any atom is -0.479 e. The molecule has 0 aromatic heterocycles. The Hall–Kier alpha value is -3.84. The van der Waals surface area contributed by atoms with Gasteiger partial charge >= 0.3 is 23.9 Å². The Labute approximate surface area is 468 Å². The highest BCUT2D eigenvalue weighted by Crippen LogP contribution is 2.26. The fourth-order valence-corrected chi connectivity index (χ4v) is 9.02. The van der Waals surface area contributed by atoms with Crippen molar-refractivity contribution in [2.24, 2.45) is 0 Å². The van der Waals surface area contributed by atoms with Crippen molar-refractivity contribution in [3.8, 4) is 0 Å². The minimum atomic E-state index is -1.92. The summed E-state index contributed by atoms with van der Waals surface area (Å²) < 4.78 is 28.4. The first-order chi connectivity index (χ1) is 37.6. The van der Waals surface area contributed by atoms with Gasteiger partial charge in [0.05, 0.1) is 6.61 Å². The van der Waals surface area contributed by atoms with Crippen LogP contribution in [0.2, 0.25) is 0 Å². The Kier molecular flexibility index (Phi) is 48.8. The molecule has 1 aliphatic rings. The van der Waals surface area contributed by atoms with Gasteiger partial charge in [0.1, 0.15) is 18.8 Å². The lowest BCUT2D eigenvalue weighted by atomic mass is 9.98. The van der Waals surface area contributed by atoms with Crippen molar-refractivity contribution in [3.05, 3.63) is 72.9 Å². The highest BCUT2D eigenvalue weighted by Gasteiger charge is 2.50. The number of hydrogen-bond donors (Lipinski definition) is 3. The van der Waals surface area contributed by atoms with Gasteiger partial charge in [0.2, 0.25) is 0 Å². The molecule has 77 heavy (non-hydrogen) atoms. The predicted octanol–water partition coefficient (Wildman–Crippen LogP) is 16.1. The van der Waals surface area contributed by atoms with E-state index in [9.17, 15) is 34.5 Å². The van der Waals surface area contributed by atoms with Gasteiger partial charge in [-0.2, -0.15) is 0 Å². The summed E-state index contributed by atoms with van der Waals surface area (Å²) in [4.78, 5) is 51.1. The molecule has 0 bridgehead atoms. The van der Waals surface area contributed by atoms with E-state index in [0.29, 0.717) is 25.7 Å². The average Bonchev–Trinajstić information content (AvgIpc) is 3.42. The number of allylic oxidation sites excluding steroid dienone is 12. The van der Waals surface area contributed by atoms with Crippen LogP contribution in [0.3, 0.4) is 0 Å². The van der Waals surface area contributed by atoms with E-state index >= 15 is 0 Å². The molecule has 0 amide bonds. The van der Waals surface area contributed by atoms with Gasteiger partial charge in [-0.1, -0.05) is 222 Å². The number of carbonyl (C=O) groups excluding carboxylic acids is 3. The van der Waals surface area contributed by atoms with Crippen LogP contribution in [0.4, 0.5) is 0 Å². The number of ether oxygens (including phenoxy) is 5. The van der Waals surface area contributed by atoms with Gasteiger partial charge in [-0.25, -0.2) is 4.79 Å². The van der Waals surface area contributed by atoms with Crippen molar-refractivity contribution in [3.63, 3.8) is 0 Å². The molecule has 0 spiro atoms. The number of rotatable bonds is 52. The zero-order valence-corrected chi connectivity index (χ0v) is 48.7. The first kappa shape index (κ1) is 71.2. The highest BCUT2D eigenvalue weighted by molar-refractivity contribution is 5.74. The third-order valence-corrected chi connectivity index (χ3v) is 13.8. The molecular weight excluding hydrogens is 973 g/mol. The fourth-order valence-electron chi connectivity index (χ4n) is 9.02. The summed E-state index contributed by atoms with van der Waals surface area (Å²) in [5.74, 6) is -3.23. The predicted molar refractivity (Wildman–Crippen MR) is 312 cm³/mol. The Bertz CT molecular complexity index is 1620. The fraction of sp³-hybridized carbons (Fsp3) is 0.754. The van der Waals surface area contributed by atoms with Gasteiger partial charge in [0, 0.05) is 19.3 Å². The summed E-state index contributed by atoms with van der Waals surface area (Å²) in [7, 11) is 0. The first-order valence-corrected chi connectivity index (χ1v) is 30.9. The highest BCUT2D eigenvalue weighted by atomic mass is 16.7. The van der Waals surface area contributed by atoms with Crippen LogP contribution < -0.4 is 0 Å². The molecule has 442 valence electrons. The minimum absolute atomic E-state index is 0.0395. The third-order valence-electron chi connectivity index (χ3n) is 13.8. The Morgan fingerprint density at radius 2 is 0.844 bits per heavy atom. The van der Waals surface area contributed by atoms with Crippen LogP contribution in [0.5, 0.6) is 0 Å². The number of hydrogen-bond acceptors (Lipinski definition) is 11. The van der Waals surface area contributed by atoms with E-state index in [2.05, 4.69) is 81.5 Å². The number of aliphatic hydroxyl groups excluding tert-OH is 2. The molecule has 1 rings (SSSR count). The molecule has 0 aromatic carbocycles. The Morgan fingerprint density at radius 3 is 1.30 bits per heavy atom. The third kappa shape index (κ3) is 42.7. The summed E-state index contributed by atoms with van der Waals surface area (Å²) in [6, 6.07) is 0. The number of aliphatic hydroxyl groups is 2. The summed E-state index contributed by atoms with van der Waals surface area (Å²) in [6.45, 7) is 5.82. The van der Waals surface area contributed by atoms with E-state index in [1.807, 2.05) is 12.2 Å². The number of esters is 3. The quantitative estimate of drug-likeness (QED) is 0.0228. The summed E-state index contributed by atoms with van der Waals surface area (Å²) in [5, 5.41) is 31.5. The lowest BCUT2D eigenvalue weighted by Gasteiger charge is -2.40. The molecule has 1 aliphatic heterocycles. The Balaban J connectivity index is 2.70. The van der Waals surface area contributed by atoms with E-state index in [4.69, 9.17) is 23.7 Å². The van der Waals surface area contributed by atoms with Crippen molar-refractivity contribution in [2.75, 3.05) is 13.2 Å². The second-order valence-electron chi connectivity index (χ2n) is 20.9.